The highest BCUT2D eigenvalue weighted by Crippen LogP contribution is 2.28. The minimum absolute atomic E-state index is 0.369. The van der Waals surface area contributed by atoms with E-state index in [0.717, 1.165) is 37.0 Å². The summed E-state index contributed by atoms with van der Waals surface area (Å²) >= 11 is 3.58. The van der Waals surface area contributed by atoms with Crippen LogP contribution in [-0.2, 0) is 11.2 Å². The van der Waals surface area contributed by atoms with Gasteiger partial charge >= 0.3 is 0 Å². The molecule has 1 aromatic carbocycles. The van der Waals surface area contributed by atoms with Crippen LogP contribution in [0.1, 0.15) is 31.7 Å². The zero-order chi connectivity index (χ0) is 14.4. The van der Waals surface area contributed by atoms with Crippen LogP contribution < -0.4 is 10.6 Å². The molecule has 0 amide bonds. The standard InChI is InChI=1S/C16H25BrN2O/c1-2-10-20-15-4-3-9-19(12-15)16-11-14(17)6-5-13(16)7-8-18/h5-6,11,15H,2-4,7-10,12,18H2,1H3. The molecule has 2 rings (SSSR count). The van der Waals surface area contributed by atoms with Gasteiger partial charge in [-0.05, 0) is 49.9 Å². The van der Waals surface area contributed by atoms with E-state index < -0.39 is 0 Å². The summed E-state index contributed by atoms with van der Waals surface area (Å²) in [4.78, 5) is 2.46. The smallest absolute Gasteiger partial charge is 0.0750 e. The van der Waals surface area contributed by atoms with Gasteiger partial charge in [-0.25, -0.2) is 0 Å². The number of rotatable bonds is 6. The predicted octanol–water partition coefficient (Wildman–Crippen LogP) is 3.35. The highest BCUT2D eigenvalue weighted by molar-refractivity contribution is 9.10. The predicted molar refractivity (Wildman–Crippen MR) is 88.4 cm³/mol. The van der Waals surface area contributed by atoms with Crippen molar-refractivity contribution >= 4 is 21.6 Å². The largest absolute Gasteiger partial charge is 0.376 e. The van der Waals surface area contributed by atoms with Crippen molar-refractivity contribution in [1.82, 2.24) is 0 Å². The van der Waals surface area contributed by atoms with Gasteiger partial charge in [-0.2, -0.15) is 0 Å². The number of anilines is 1. The molecule has 20 heavy (non-hydrogen) atoms. The second kappa shape index (κ2) is 8.01. The second-order valence-electron chi connectivity index (χ2n) is 5.39. The molecule has 1 aliphatic rings. The first kappa shape index (κ1) is 15.8. The Bertz CT molecular complexity index is 425. The van der Waals surface area contributed by atoms with Gasteiger partial charge < -0.3 is 15.4 Å². The number of halogens is 1. The molecule has 1 aliphatic heterocycles. The second-order valence-corrected chi connectivity index (χ2v) is 6.31. The Morgan fingerprint density at radius 1 is 1.45 bits per heavy atom. The van der Waals surface area contributed by atoms with Gasteiger partial charge in [0.25, 0.3) is 0 Å². The number of hydrogen-bond donors (Lipinski definition) is 1. The summed E-state index contributed by atoms with van der Waals surface area (Å²) in [7, 11) is 0. The zero-order valence-corrected chi connectivity index (χ0v) is 13.9. The lowest BCUT2D eigenvalue weighted by molar-refractivity contribution is 0.0440. The summed E-state index contributed by atoms with van der Waals surface area (Å²) in [5.41, 5.74) is 8.39. The molecule has 4 heteroatoms. The van der Waals surface area contributed by atoms with Crippen LogP contribution in [-0.4, -0.2) is 32.3 Å². The number of benzene rings is 1. The lowest BCUT2D eigenvalue weighted by atomic mass is 10.0. The molecule has 1 heterocycles. The van der Waals surface area contributed by atoms with Crippen molar-refractivity contribution in [2.24, 2.45) is 5.73 Å². The van der Waals surface area contributed by atoms with E-state index in [9.17, 15) is 0 Å². The van der Waals surface area contributed by atoms with Crippen molar-refractivity contribution in [2.75, 3.05) is 31.1 Å². The maximum Gasteiger partial charge on any atom is 0.0750 e. The first-order valence-electron chi connectivity index (χ1n) is 7.59. The SMILES string of the molecule is CCCOC1CCCN(c2cc(Br)ccc2CCN)C1. The molecule has 1 aromatic rings. The molecule has 112 valence electrons. The van der Waals surface area contributed by atoms with Crippen molar-refractivity contribution in [3.05, 3.63) is 28.2 Å². The van der Waals surface area contributed by atoms with Gasteiger partial charge in [-0.1, -0.05) is 28.9 Å². The van der Waals surface area contributed by atoms with Crippen LogP contribution in [0.25, 0.3) is 0 Å². The molecule has 1 fully saturated rings. The van der Waals surface area contributed by atoms with E-state index in [4.69, 9.17) is 10.5 Å². The third kappa shape index (κ3) is 4.21. The van der Waals surface area contributed by atoms with Gasteiger partial charge in [0.2, 0.25) is 0 Å². The third-order valence-electron chi connectivity index (χ3n) is 3.74. The van der Waals surface area contributed by atoms with E-state index in [0.29, 0.717) is 12.6 Å². The average molecular weight is 341 g/mol. The fourth-order valence-electron chi connectivity index (χ4n) is 2.78. The Morgan fingerprint density at radius 3 is 3.05 bits per heavy atom. The lowest BCUT2D eigenvalue weighted by Crippen LogP contribution is -2.40. The summed E-state index contributed by atoms with van der Waals surface area (Å²) in [5, 5.41) is 0. The Kier molecular flexibility index (Phi) is 6.33. The van der Waals surface area contributed by atoms with Gasteiger partial charge in [-0.3, -0.25) is 0 Å². The monoisotopic (exact) mass is 340 g/mol. The molecule has 0 bridgehead atoms. The number of piperidine rings is 1. The molecule has 0 spiro atoms. The Morgan fingerprint density at radius 2 is 2.30 bits per heavy atom. The molecule has 1 unspecified atom stereocenters. The van der Waals surface area contributed by atoms with E-state index in [-0.39, 0.29) is 0 Å². The number of hydrogen-bond acceptors (Lipinski definition) is 3. The molecule has 0 radical (unpaired) electrons. The highest BCUT2D eigenvalue weighted by Gasteiger charge is 2.22. The molecule has 0 aromatic heterocycles. The molecule has 0 aliphatic carbocycles. The normalized spacial score (nSPS) is 19.4. The fourth-order valence-corrected chi connectivity index (χ4v) is 3.12. The third-order valence-corrected chi connectivity index (χ3v) is 4.23. The van der Waals surface area contributed by atoms with Gasteiger partial charge in [0, 0.05) is 29.9 Å². The van der Waals surface area contributed by atoms with Gasteiger partial charge in [0.15, 0.2) is 0 Å². The summed E-state index contributed by atoms with van der Waals surface area (Å²) in [6, 6.07) is 6.50. The molecule has 1 saturated heterocycles. The molecule has 3 nitrogen and oxygen atoms in total. The van der Waals surface area contributed by atoms with Gasteiger partial charge in [-0.15, -0.1) is 0 Å². The van der Waals surface area contributed by atoms with Crippen LogP contribution in [0.2, 0.25) is 0 Å². The quantitative estimate of drug-likeness (QED) is 0.862. The van der Waals surface area contributed by atoms with Crippen LogP contribution in [0, 0.1) is 0 Å². The van der Waals surface area contributed by atoms with Crippen LogP contribution in [0.3, 0.4) is 0 Å². The Labute approximate surface area is 130 Å². The van der Waals surface area contributed by atoms with Crippen LogP contribution in [0.5, 0.6) is 0 Å². The lowest BCUT2D eigenvalue weighted by Gasteiger charge is -2.35. The minimum Gasteiger partial charge on any atom is -0.376 e. The van der Waals surface area contributed by atoms with Crippen molar-refractivity contribution in [3.63, 3.8) is 0 Å². The molecular formula is C16H25BrN2O. The molecule has 2 N–H and O–H groups in total. The Balaban J connectivity index is 2.11. The summed E-state index contributed by atoms with van der Waals surface area (Å²) in [5.74, 6) is 0. The summed E-state index contributed by atoms with van der Waals surface area (Å²) < 4.78 is 7.07. The van der Waals surface area contributed by atoms with E-state index in [2.05, 4.69) is 46.0 Å². The van der Waals surface area contributed by atoms with Crippen molar-refractivity contribution < 1.29 is 4.74 Å². The highest BCUT2D eigenvalue weighted by atomic mass is 79.9. The number of nitrogens with two attached hydrogens (primary N) is 1. The van der Waals surface area contributed by atoms with Gasteiger partial charge in [0.1, 0.15) is 0 Å². The first-order valence-corrected chi connectivity index (χ1v) is 8.39. The van der Waals surface area contributed by atoms with E-state index >= 15 is 0 Å². The average Bonchev–Trinajstić information content (AvgIpc) is 2.47. The van der Waals surface area contributed by atoms with E-state index in [1.54, 1.807) is 0 Å². The fraction of sp³-hybridized carbons (Fsp3) is 0.625. The maximum atomic E-state index is 5.94. The van der Waals surface area contributed by atoms with Crippen LogP contribution in [0.15, 0.2) is 22.7 Å². The zero-order valence-electron chi connectivity index (χ0n) is 12.3. The molecular weight excluding hydrogens is 316 g/mol. The molecule has 1 atom stereocenters. The topological polar surface area (TPSA) is 38.5 Å². The van der Waals surface area contributed by atoms with E-state index in [1.807, 2.05) is 0 Å². The Hall–Kier alpha value is -0.580. The minimum atomic E-state index is 0.369. The first-order chi connectivity index (χ1) is 9.74. The van der Waals surface area contributed by atoms with Crippen molar-refractivity contribution in [3.8, 4) is 0 Å². The van der Waals surface area contributed by atoms with Crippen molar-refractivity contribution in [2.45, 2.75) is 38.7 Å². The number of nitrogens with zero attached hydrogens (tertiary/aromatic N) is 1. The van der Waals surface area contributed by atoms with Crippen LogP contribution in [0.4, 0.5) is 5.69 Å². The van der Waals surface area contributed by atoms with Crippen LogP contribution >= 0.6 is 15.9 Å². The van der Waals surface area contributed by atoms with E-state index in [1.165, 1.54) is 24.1 Å². The maximum absolute atomic E-state index is 5.94. The summed E-state index contributed by atoms with van der Waals surface area (Å²) in [6.45, 7) is 5.83. The molecule has 0 saturated carbocycles. The van der Waals surface area contributed by atoms with Gasteiger partial charge in [0.05, 0.1) is 6.10 Å². The van der Waals surface area contributed by atoms with Crippen molar-refractivity contribution in [1.29, 1.82) is 0 Å². The summed E-state index contributed by atoms with van der Waals surface area (Å²) in [6.07, 6.45) is 4.76. The number of ether oxygens (including phenoxy) is 1.